The maximum Gasteiger partial charge on any atom is 0.230 e. The molecule has 0 unspecified atom stereocenters. The predicted molar refractivity (Wildman–Crippen MR) is 92.8 cm³/mol. The van der Waals surface area contributed by atoms with Crippen molar-refractivity contribution in [3.8, 4) is 0 Å². The lowest BCUT2D eigenvalue weighted by atomic mass is 9.81. The quantitative estimate of drug-likeness (QED) is 0.842. The smallest absolute Gasteiger partial charge is 0.230 e. The Kier molecular flexibility index (Phi) is 5.51. The van der Waals surface area contributed by atoms with Gasteiger partial charge in [-0.05, 0) is 43.7 Å². The third-order valence-electron chi connectivity index (χ3n) is 5.21. The van der Waals surface area contributed by atoms with Crippen LogP contribution in [0.1, 0.15) is 31.2 Å². The fraction of sp³-hybridized carbons (Fsp3) is 0.579. The predicted octanol–water partition coefficient (Wildman–Crippen LogP) is 2.14. The lowest BCUT2D eigenvalue weighted by Crippen LogP contribution is -2.39. The summed E-state index contributed by atoms with van der Waals surface area (Å²) in [4.78, 5) is 26.9. The van der Waals surface area contributed by atoms with Crippen molar-refractivity contribution in [2.24, 2.45) is 11.8 Å². The third-order valence-corrected chi connectivity index (χ3v) is 5.21. The van der Waals surface area contributed by atoms with E-state index in [4.69, 9.17) is 4.74 Å². The first-order valence-electron chi connectivity index (χ1n) is 8.86. The van der Waals surface area contributed by atoms with E-state index in [1.807, 2.05) is 23.1 Å². The third kappa shape index (κ3) is 3.61. The van der Waals surface area contributed by atoms with E-state index in [1.165, 1.54) is 5.56 Å². The van der Waals surface area contributed by atoms with Crippen LogP contribution in [-0.2, 0) is 20.7 Å². The number of carbonyl (C=O) groups excluding carboxylic acids is 2. The van der Waals surface area contributed by atoms with Gasteiger partial charge in [0.2, 0.25) is 11.8 Å². The van der Waals surface area contributed by atoms with Gasteiger partial charge in [0, 0.05) is 37.7 Å². The molecule has 1 heterocycles. The van der Waals surface area contributed by atoms with Crippen molar-refractivity contribution in [3.63, 3.8) is 0 Å². The number of nitrogens with zero attached hydrogens (tertiary/aromatic N) is 1. The number of rotatable bonds is 5. The number of hydrogen-bond acceptors (Lipinski definition) is 3. The Morgan fingerprint density at radius 2 is 1.88 bits per heavy atom. The van der Waals surface area contributed by atoms with E-state index >= 15 is 0 Å². The largest absolute Gasteiger partial charge is 0.383 e. The van der Waals surface area contributed by atoms with Gasteiger partial charge in [0.05, 0.1) is 6.61 Å². The molecule has 130 valence electrons. The summed E-state index contributed by atoms with van der Waals surface area (Å²) in [6, 6.07) is 8.16. The van der Waals surface area contributed by atoms with Gasteiger partial charge in [-0.3, -0.25) is 9.59 Å². The maximum atomic E-state index is 12.9. The van der Waals surface area contributed by atoms with E-state index in [-0.39, 0.29) is 23.7 Å². The highest BCUT2D eigenvalue weighted by Crippen LogP contribution is 2.34. The minimum Gasteiger partial charge on any atom is -0.383 e. The first kappa shape index (κ1) is 17.0. The van der Waals surface area contributed by atoms with Crippen molar-refractivity contribution < 1.29 is 14.3 Å². The van der Waals surface area contributed by atoms with Crippen LogP contribution >= 0.6 is 0 Å². The van der Waals surface area contributed by atoms with Crippen LogP contribution in [0.15, 0.2) is 24.3 Å². The van der Waals surface area contributed by atoms with Gasteiger partial charge < -0.3 is 15.0 Å². The van der Waals surface area contributed by atoms with Crippen LogP contribution in [0.2, 0.25) is 0 Å². The summed E-state index contributed by atoms with van der Waals surface area (Å²) in [5.74, 6) is 0.429. The molecule has 1 aromatic carbocycles. The Morgan fingerprint density at radius 1 is 1.17 bits per heavy atom. The summed E-state index contributed by atoms with van der Waals surface area (Å²) >= 11 is 0. The van der Waals surface area contributed by atoms with Gasteiger partial charge in [-0.25, -0.2) is 0 Å². The highest BCUT2D eigenvalue weighted by atomic mass is 16.5. The Bertz CT molecular complexity index is 594. The molecule has 0 spiro atoms. The molecule has 1 fully saturated rings. The van der Waals surface area contributed by atoms with Crippen LogP contribution in [0.4, 0.5) is 5.69 Å². The van der Waals surface area contributed by atoms with Gasteiger partial charge in [0.1, 0.15) is 0 Å². The minimum atomic E-state index is 0.0387. The summed E-state index contributed by atoms with van der Waals surface area (Å²) in [5.41, 5.74) is 2.33. The maximum absolute atomic E-state index is 12.9. The number of carbonyl (C=O) groups is 2. The molecular formula is C19H26N2O3. The molecule has 0 radical (unpaired) electrons. The number of nitrogens with one attached hydrogen (secondary N) is 1. The van der Waals surface area contributed by atoms with E-state index < -0.39 is 0 Å². The highest BCUT2D eigenvalue weighted by Gasteiger charge is 2.34. The number of methoxy groups -OCH3 is 1. The number of para-hydroxylation sites is 1. The zero-order valence-corrected chi connectivity index (χ0v) is 14.3. The fourth-order valence-corrected chi connectivity index (χ4v) is 3.81. The van der Waals surface area contributed by atoms with Crippen molar-refractivity contribution in [3.05, 3.63) is 29.8 Å². The SMILES string of the molecule is COCCNC(=O)C1CCC(C(=O)N2CCc3ccccc32)CC1. The summed E-state index contributed by atoms with van der Waals surface area (Å²) in [7, 11) is 1.62. The van der Waals surface area contributed by atoms with Gasteiger partial charge >= 0.3 is 0 Å². The number of fused-ring (bicyclic) bond motifs is 1. The molecule has 1 N–H and O–H groups in total. The normalized spacial score (nSPS) is 23.0. The number of ether oxygens (including phenoxy) is 1. The van der Waals surface area contributed by atoms with Crippen LogP contribution < -0.4 is 10.2 Å². The molecule has 3 rings (SSSR count). The number of amides is 2. The Hall–Kier alpha value is -1.88. The molecule has 24 heavy (non-hydrogen) atoms. The van der Waals surface area contributed by atoms with E-state index in [9.17, 15) is 9.59 Å². The zero-order valence-electron chi connectivity index (χ0n) is 14.3. The second kappa shape index (κ2) is 7.79. The monoisotopic (exact) mass is 330 g/mol. The first-order chi connectivity index (χ1) is 11.7. The van der Waals surface area contributed by atoms with Crippen LogP contribution in [0, 0.1) is 11.8 Å². The second-order valence-electron chi connectivity index (χ2n) is 6.70. The van der Waals surface area contributed by atoms with Crippen molar-refractivity contribution in [2.75, 3.05) is 31.7 Å². The minimum absolute atomic E-state index is 0.0387. The average Bonchev–Trinajstić information content (AvgIpc) is 3.05. The van der Waals surface area contributed by atoms with Crippen LogP contribution in [0.25, 0.3) is 0 Å². The Balaban J connectivity index is 1.52. The van der Waals surface area contributed by atoms with Gasteiger partial charge in [-0.15, -0.1) is 0 Å². The molecule has 5 heteroatoms. The molecule has 1 saturated carbocycles. The second-order valence-corrected chi connectivity index (χ2v) is 6.70. The van der Waals surface area contributed by atoms with Crippen LogP contribution in [0.3, 0.4) is 0 Å². The molecule has 5 nitrogen and oxygen atoms in total. The number of anilines is 1. The molecule has 1 aliphatic carbocycles. The van der Waals surface area contributed by atoms with Crippen molar-refractivity contribution in [2.45, 2.75) is 32.1 Å². The molecule has 0 bridgehead atoms. The Labute approximate surface area is 143 Å². The summed E-state index contributed by atoms with van der Waals surface area (Å²) < 4.78 is 4.95. The first-order valence-corrected chi connectivity index (χ1v) is 8.86. The molecular weight excluding hydrogens is 304 g/mol. The lowest BCUT2D eigenvalue weighted by Gasteiger charge is -2.30. The van der Waals surface area contributed by atoms with Crippen LogP contribution in [0.5, 0.6) is 0 Å². The number of benzene rings is 1. The summed E-state index contributed by atoms with van der Waals surface area (Å²) in [5, 5.41) is 2.91. The molecule has 1 aromatic rings. The molecule has 0 atom stereocenters. The van der Waals surface area contributed by atoms with Crippen molar-refractivity contribution >= 4 is 17.5 Å². The van der Waals surface area contributed by atoms with Crippen molar-refractivity contribution in [1.82, 2.24) is 5.32 Å². The highest BCUT2D eigenvalue weighted by molar-refractivity contribution is 5.97. The average molecular weight is 330 g/mol. The fourth-order valence-electron chi connectivity index (χ4n) is 3.81. The summed E-state index contributed by atoms with van der Waals surface area (Å²) in [6.45, 7) is 1.88. The molecule has 2 aliphatic rings. The Morgan fingerprint density at radius 3 is 2.62 bits per heavy atom. The van der Waals surface area contributed by atoms with Gasteiger partial charge in [0.25, 0.3) is 0 Å². The summed E-state index contributed by atoms with van der Waals surface area (Å²) in [6.07, 6.45) is 4.15. The number of hydrogen-bond donors (Lipinski definition) is 1. The lowest BCUT2D eigenvalue weighted by molar-refractivity contribution is -0.129. The molecule has 2 amide bonds. The standard InChI is InChI=1S/C19H26N2O3/c1-24-13-11-20-18(22)15-6-8-16(9-7-15)19(23)21-12-10-14-4-2-3-5-17(14)21/h2-5,15-16H,6-13H2,1H3,(H,20,22). The zero-order chi connectivity index (χ0) is 16.9. The topological polar surface area (TPSA) is 58.6 Å². The van der Waals surface area contributed by atoms with Gasteiger partial charge in [-0.2, -0.15) is 0 Å². The van der Waals surface area contributed by atoms with E-state index in [1.54, 1.807) is 7.11 Å². The molecule has 1 aliphatic heterocycles. The van der Waals surface area contributed by atoms with E-state index in [0.717, 1.165) is 44.3 Å². The molecule has 0 saturated heterocycles. The van der Waals surface area contributed by atoms with E-state index in [2.05, 4.69) is 11.4 Å². The van der Waals surface area contributed by atoms with Gasteiger partial charge in [-0.1, -0.05) is 18.2 Å². The molecule has 0 aromatic heterocycles. The van der Waals surface area contributed by atoms with Gasteiger partial charge in [0.15, 0.2) is 0 Å². The van der Waals surface area contributed by atoms with E-state index in [0.29, 0.717) is 13.2 Å². The van der Waals surface area contributed by atoms with Crippen LogP contribution in [-0.4, -0.2) is 38.6 Å². The van der Waals surface area contributed by atoms with Crippen molar-refractivity contribution in [1.29, 1.82) is 0 Å².